The molecule has 1 fully saturated rings. The third-order valence-electron chi connectivity index (χ3n) is 5.68. The van der Waals surface area contributed by atoms with Gasteiger partial charge in [-0.05, 0) is 67.1 Å². The van der Waals surface area contributed by atoms with E-state index in [9.17, 15) is 13.2 Å². The second-order valence-corrected chi connectivity index (χ2v) is 8.69. The number of anilines is 2. The Morgan fingerprint density at radius 3 is 2.44 bits per heavy atom. The van der Waals surface area contributed by atoms with Gasteiger partial charge in [-0.1, -0.05) is 23.7 Å². The zero-order chi connectivity index (χ0) is 24.1. The molecule has 4 N–H and O–H groups in total. The monoisotopic (exact) mass is 491 g/mol. The Balaban J connectivity index is 1.42. The first-order chi connectivity index (χ1) is 16.2. The van der Waals surface area contributed by atoms with E-state index in [2.05, 4.69) is 25.3 Å². The van der Waals surface area contributed by atoms with E-state index in [1.165, 1.54) is 12.1 Å². The molecule has 10 heteroatoms. The van der Waals surface area contributed by atoms with E-state index in [0.29, 0.717) is 23.4 Å². The van der Waals surface area contributed by atoms with Gasteiger partial charge >= 0.3 is 6.36 Å². The van der Waals surface area contributed by atoms with Crippen molar-refractivity contribution < 1.29 is 17.9 Å². The summed E-state index contributed by atoms with van der Waals surface area (Å²) in [6, 6.07) is 11.9. The quantitative estimate of drug-likeness (QED) is 0.376. The fraction of sp³-hybridized carbons (Fsp3) is 0.333. The molecule has 1 aliphatic carbocycles. The maximum atomic E-state index is 12.3. The second kappa shape index (κ2) is 10.5. The van der Waals surface area contributed by atoms with Crippen LogP contribution in [0.4, 0.5) is 24.8 Å². The summed E-state index contributed by atoms with van der Waals surface area (Å²) in [5.41, 5.74) is 8.47. The van der Waals surface area contributed by atoms with Crippen LogP contribution in [0.25, 0.3) is 11.1 Å². The Hall–Kier alpha value is -3.04. The molecule has 0 spiro atoms. The van der Waals surface area contributed by atoms with Crippen LogP contribution in [0.5, 0.6) is 5.75 Å². The lowest BCUT2D eigenvalue weighted by Gasteiger charge is -2.27. The molecule has 3 aromatic rings. The lowest BCUT2D eigenvalue weighted by atomic mass is 9.92. The average molecular weight is 492 g/mol. The van der Waals surface area contributed by atoms with Crippen molar-refractivity contribution >= 4 is 23.2 Å². The van der Waals surface area contributed by atoms with E-state index >= 15 is 0 Å². The van der Waals surface area contributed by atoms with Crippen LogP contribution in [0, 0.1) is 0 Å². The zero-order valence-corrected chi connectivity index (χ0v) is 19.0. The summed E-state index contributed by atoms with van der Waals surface area (Å²) < 4.78 is 40.8. The molecule has 4 rings (SSSR count). The third-order valence-corrected chi connectivity index (χ3v) is 5.98. The Morgan fingerprint density at radius 2 is 1.74 bits per heavy atom. The van der Waals surface area contributed by atoms with Gasteiger partial charge in [0, 0.05) is 36.6 Å². The minimum Gasteiger partial charge on any atom is -0.406 e. The average Bonchev–Trinajstić information content (AvgIpc) is 2.80. The van der Waals surface area contributed by atoms with Crippen LogP contribution in [-0.2, 0) is 6.54 Å². The molecule has 180 valence electrons. The number of rotatable bonds is 7. The van der Waals surface area contributed by atoms with Gasteiger partial charge in [-0.25, -0.2) is 9.97 Å². The summed E-state index contributed by atoms with van der Waals surface area (Å²) >= 11 is 6.44. The third kappa shape index (κ3) is 6.74. The molecule has 0 unspecified atom stereocenters. The molecule has 0 radical (unpaired) electrons. The molecule has 6 nitrogen and oxygen atoms in total. The summed E-state index contributed by atoms with van der Waals surface area (Å²) in [5.74, 6) is 1.10. The maximum absolute atomic E-state index is 12.3. The fourth-order valence-corrected chi connectivity index (χ4v) is 4.12. The molecule has 0 saturated heterocycles. The summed E-state index contributed by atoms with van der Waals surface area (Å²) in [4.78, 5) is 8.75. The smallest absolute Gasteiger partial charge is 0.406 e. The van der Waals surface area contributed by atoms with Crippen molar-refractivity contribution in [2.75, 3.05) is 10.6 Å². The van der Waals surface area contributed by atoms with Gasteiger partial charge in [0.1, 0.15) is 17.4 Å². The predicted molar refractivity (Wildman–Crippen MR) is 127 cm³/mol. The highest BCUT2D eigenvalue weighted by Crippen LogP contribution is 2.31. The van der Waals surface area contributed by atoms with Crippen LogP contribution < -0.4 is 21.1 Å². The van der Waals surface area contributed by atoms with Gasteiger partial charge in [0.05, 0.1) is 5.02 Å². The van der Waals surface area contributed by atoms with E-state index < -0.39 is 6.36 Å². The van der Waals surface area contributed by atoms with E-state index in [1.807, 2.05) is 18.2 Å². The van der Waals surface area contributed by atoms with Crippen LogP contribution >= 0.6 is 11.6 Å². The first-order valence-electron chi connectivity index (χ1n) is 11.0. The van der Waals surface area contributed by atoms with Crippen LogP contribution in [0.2, 0.25) is 5.02 Å². The number of nitrogens with zero attached hydrogens (tertiary/aromatic N) is 2. The summed E-state index contributed by atoms with van der Waals surface area (Å²) in [5, 5.41) is 7.19. The van der Waals surface area contributed by atoms with E-state index in [-0.39, 0.29) is 11.8 Å². The summed E-state index contributed by atoms with van der Waals surface area (Å²) in [7, 11) is 0. The van der Waals surface area contributed by atoms with E-state index in [0.717, 1.165) is 48.2 Å². The van der Waals surface area contributed by atoms with Gasteiger partial charge in [0.2, 0.25) is 0 Å². The Kier molecular flexibility index (Phi) is 7.43. The van der Waals surface area contributed by atoms with Crippen molar-refractivity contribution in [2.24, 2.45) is 5.73 Å². The Labute approximate surface area is 200 Å². The van der Waals surface area contributed by atoms with Gasteiger partial charge in [0.15, 0.2) is 0 Å². The van der Waals surface area contributed by atoms with Gasteiger partial charge in [-0.15, -0.1) is 13.2 Å². The molecular formula is C24H25ClF3N5O. The highest BCUT2D eigenvalue weighted by molar-refractivity contribution is 6.33. The molecule has 0 atom stereocenters. The minimum atomic E-state index is -4.71. The summed E-state index contributed by atoms with van der Waals surface area (Å²) in [6.45, 7) is 0.378. The number of nitrogens with one attached hydrogen (secondary N) is 2. The fourth-order valence-electron chi connectivity index (χ4n) is 3.91. The second-order valence-electron chi connectivity index (χ2n) is 8.28. The first-order valence-corrected chi connectivity index (χ1v) is 11.4. The molecule has 1 saturated carbocycles. The van der Waals surface area contributed by atoms with Crippen molar-refractivity contribution in [1.82, 2.24) is 9.97 Å². The minimum absolute atomic E-state index is 0.260. The summed E-state index contributed by atoms with van der Waals surface area (Å²) in [6.07, 6.45) is 2.60. The van der Waals surface area contributed by atoms with Crippen LogP contribution in [0.1, 0.15) is 31.2 Å². The number of pyridine rings is 2. The normalized spacial score (nSPS) is 18.4. The molecule has 0 bridgehead atoms. The molecule has 1 aromatic carbocycles. The van der Waals surface area contributed by atoms with Crippen molar-refractivity contribution in [3.63, 3.8) is 0 Å². The number of aromatic nitrogens is 2. The van der Waals surface area contributed by atoms with Gasteiger partial charge in [-0.3, -0.25) is 0 Å². The number of hydrogen-bond donors (Lipinski definition) is 3. The molecular weight excluding hydrogens is 467 g/mol. The van der Waals surface area contributed by atoms with Gasteiger partial charge in [0.25, 0.3) is 0 Å². The first kappa shape index (κ1) is 24.1. The number of hydrogen-bond acceptors (Lipinski definition) is 6. The Morgan fingerprint density at radius 1 is 1.00 bits per heavy atom. The van der Waals surface area contributed by atoms with E-state index in [1.54, 1.807) is 24.5 Å². The lowest BCUT2D eigenvalue weighted by molar-refractivity contribution is -0.274. The standard InChI is InChI=1S/C24H25ClF3N5O/c25-21-14-32-23(33-18-5-3-17(29)4-6-18)12-20(21)16-9-10-30-22(11-16)31-13-15-1-7-19(8-2-15)34-24(26,27)28/h1-2,7-12,14,17-18H,3-6,13,29H2,(H,30,31)(H,32,33). The largest absolute Gasteiger partial charge is 0.573 e. The topological polar surface area (TPSA) is 85.1 Å². The van der Waals surface area contributed by atoms with Crippen molar-refractivity contribution in [3.8, 4) is 16.9 Å². The number of nitrogens with two attached hydrogens (primary N) is 1. The van der Waals surface area contributed by atoms with Crippen LogP contribution in [-0.4, -0.2) is 28.4 Å². The Bertz CT molecular complexity index is 1100. The molecule has 1 aliphatic rings. The highest BCUT2D eigenvalue weighted by Gasteiger charge is 2.30. The number of halogens is 4. The predicted octanol–water partition coefficient (Wildman–Crippen LogP) is 5.99. The molecule has 2 aromatic heterocycles. The van der Waals surface area contributed by atoms with Crippen molar-refractivity contribution in [3.05, 3.63) is 65.4 Å². The SMILES string of the molecule is NC1CCC(Nc2cc(-c3ccnc(NCc4ccc(OC(F)(F)F)cc4)c3)c(Cl)cn2)CC1. The zero-order valence-electron chi connectivity index (χ0n) is 18.3. The van der Waals surface area contributed by atoms with E-state index in [4.69, 9.17) is 17.3 Å². The molecule has 34 heavy (non-hydrogen) atoms. The number of benzene rings is 1. The van der Waals surface area contributed by atoms with Crippen molar-refractivity contribution in [1.29, 1.82) is 0 Å². The lowest BCUT2D eigenvalue weighted by Crippen LogP contribution is -2.33. The van der Waals surface area contributed by atoms with Crippen LogP contribution in [0.15, 0.2) is 54.9 Å². The number of ether oxygens (including phenoxy) is 1. The maximum Gasteiger partial charge on any atom is 0.573 e. The highest BCUT2D eigenvalue weighted by atomic mass is 35.5. The van der Waals surface area contributed by atoms with Gasteiger partial charge in [-0.2, -0.15) is 0 Å². The molecule has 0 amide bonds. The van der Waals surface area contributed by atoms with Gasteiger partial charge < -0.3 is 21.1 Å². The van der Waals surface area contributed by atoms with Crippen LogP contribution in [0.3, 0.4) is 0 Å². The van der Waals surface area contributed by atoms with Crippen molar-refractivity contribution in [2.45, 2.75) is 50.7 Å². The molecule has 2 heterocycles. The molecule has 0 aliphatic heterocycles. The number of alkyl halides is 3.